The molecule has 0 radical (unpaired) electrons. The molecule has 2 saturated heterocycles. The molecule has 1 unspecified atom stereocenters. The highest BCUT2D eigenvalue weighted by atomic mass is 32.1. The molecule has 178 valence electrons. The van der Waals surface area contributed by atoms with Crippen LogP contribution in [0.3, 0.4) is 0 Å². The van der Waals surface area contributed by atoms with Crippen LogP contribution in [0.15, 0.2) is 48.0 Å². The lowest BCUT2D eigenvalue weighted by Gasteiger charge is -2.35. The van der Waals surface area contributed by atoms with E-state index in [2.05, 4.69) is 10.3 Å². The summed E-state index contributed by atoms with van der Waals surface area (Å²) in [5, 5.41) is 5.90. The number of aromatic nitrogens is 1. The van der Waals surface area contributed by atoms with Crippen molar-refractivity contribution < 1.29 is 14.4 Å². The number of para-hydroxylation sites is 1. The molecule has 7 nitrogen and oxygen atoms in total. The summed E-state index contributed by atoms with van der Waals surface area (Å²) >= 11 is 1.36. The lowest BCUT2D eigenvalue weighted by molar-refractivity contribution is -0.140. The molecular formula is C26H30N4O3S. The molecule has 0 saturated carbocycles. The largest absolute Gasteiger partial charge is 0.361 e. The number of fused-ring (bicyclic) bond motifs is 1. The van der Waals surface area contributed by atoms with E-state index in [0.29, 0.717) is 37.2 Å². The predicted octanol–water partition coefficient (Wildman–Crippen LogP) is 3.43. The molecule has 2 aliphatic rings. The summed E-state index contributed by atoms with van der Waals surface area (Å²) in [6.45, 7) is 2.81. The highest BCUT2D eigenvalue weighted by Crippen LogP contribution is 2.24. The second-order valence-corrected chi connectivity index (χ2v) is 10.1. The van der Waals surface area contributed by atoms with Gasteiger partial charge in [0.15, 0.2) is 0 Å². The fourth-order valence-corrected chi connectivity index (χ4v) is 5.75. The molecule has 3 aromatic rings. The molecule has 2 N–H and O–H groups in total. The maximum Gasteiger partial charge on any atom is 0.262 e. The van der Waals surface area contributed by atoms with Crippen LogP contribution in [0.4, 0.5) is 0 Å². The van der Waals surface area contributed by atoms with Gasteiger partial charge in [-0.3, -0.25) is 14.4 Å². The predicted molar refractivity (Wildman–Crippen MR) is 133 cm³/mol. The number of likely N-dealkylation sites (tertiary alicyclic amines) is 2. The first kappa shape index (κ1) is 22.7. The molecule has 3 amide bonds. The summed E-state index contributed by atoms with van der Waals surface area (Å²) in [7, 11) is 0. The Morgan fingerprint density at radius 1 is 1.00 bits per heavy atom. The molecular weight excluding hydrogens is 448 g/mol. The van der Waals surface area contributed by atoms with E-state index < -0.39 is 6.04 Å². The average molecular weight is 479 g/mol. The van der Waals surface area contributed by atoms with Crippen molar-refractivity contribution in [1.82, 2.24) is 20.1 Å². The van der Waals surface area contributed by atoms with Gasteiger partial charge in [-0.1, -0.05) is 24.3 Å². The molecule has 2 aliphatic heterocycles. The molecule has 4 heterocycles. The van der Waals surface area contributed by atoms with Crippen LogP contribution in [0.1, 0.15) is 40.9 Å². The van der Waals surface area contributed by atoms with Crippen molar-refractivity contribution in [2.24, 2.45) is 5.92 Å². The number of rotatable bonds is 6. The first-order valence-corrected chi connectivity index (χ1v) is 12.9. The Morgan fingerprint density at radius 2 is 1.76 bits per heavy atom. The van der Waals surface area contributed by atoms with Crippen molar-refractivity contribution in [2.75, 3.05) is 26.2 Å². The number of H-pyrrole nitrogens is 1. The van der Waals surface area contributed by atoms with Gasteiger partial charge in [0, 0.05) is 55.6 Å². The monoisotopic (exact) mass is 478 g/mol. The minimum absolute atomic E-state index is 0.00470. The fraction of sp³-hybridized carbons (Fsp3) is 0.423. The van der Waals surface area contributed by atoms with Crippen molar-refractivity contribution in [1.29, 1.82) is 0 Å². The zero-order valence-corrected chi connectivity index (χ0v) is 20.0. The van der Waals surface area contributed by atoms with Gasteiger partial charge < -0.3 is 20.1 Å². The molecule has 0 aliphatic carbocycles. The first-order chi connectivity index (χ1) is 16.6. The number of nitrogens with one attached hydrogen (secondary N) is 2. The number of aromatic amines is 1. The van der Waals surface area contributed by atoms with E-state index in [9.17, 15) is 14.4 Å². The number of carbonyl (C=O) groups is 3. The van der Waals surface area contributed by atoms with Gasteiger partial charge >= 0.3 is 0 Å². The lowest BCUT2D eigenvalue weighted by atomic mass is 9.94. The summed E-state index contributed by atoms with van der Waals surface area (Å²) in [6.07, 6.45) is 5.86. The van der Waals surface area contributed by atoms with Crippen molar-refractivity contribution in [3.8, 4) is 0 Å². The summed E-state index contributed by atoms with van der Waals surface area (Å²) < 4.78 is 0. The Bertz CT molecular complexity index is 1160. The Kier molecular flexibility index (Phi) is 6.67. The average Bonchev–Trinajstić information content (AvgIpc) is 3.65. The van der Waals surface area contributed by atoms with E-state index >= 15 is 0 Å². The molecule has 8 heteroatoms. The highest BCUT2D eigenvalue weighted by molar-refractivity contribution is 7.12. The van der Waals surface area contributed by atoms with Gasteiger partial charge in [0.25, 0.3) is 5.91 Å². The highest BCUT2D eigenvalue weighted by Gasteiger charge is 2.34. The van der Waals surface area contributed by atoms with Crippen LogP contribution in [-0.4, -0.2) is 64.7 Å². The standard InChI is InChI=1S/C26H30N4O3S/c31-24(23-8-5-15-34-23)28-22(16-19-17-27-21-7-2-1-6-20(19)21)26(33)30-13-9-18(10-14-30)25(32)29-11-3-4-12-29/h1-2,5-8,15,17-18,22,27H,3-4,9-14,16H2,(H,28,31). The molecule has 2 aromatic heterocycles. The van der Waals surface area contributed by atoms with Crippen LogP contribution in [0.2, 0.25) is 0 Å². The number of thiophene rings is 1. The normalized spacial score (nSPS) is 17.8. The van der Waals surface area contributed by atoms with Crippen LogP contribution in [0.25, 0.3) is 10.9 Å². The number of amides is 3. The Morgan fingerprint density at radius 3 is 2.50 bits per heavy atom. The number of piperidine rings is 1. The minimum Gasteiger partial charge on any atom is -0.361 e. The van der Waals surface area contributed by atoms with Crippen LogP contribution < -0.4 is 5.32 Å². The zero-order chi connectivity index (χ0) is 23.5. The molecule has 2 fully saturated rings. The van der Waals surface area contributed by atoms with E-state index in [-0.39, 0.29) is 23.6 Å². The van der Waals surface area contributed by atoms with Gasteiger partial charge in [-0.2, -0.15) is 0 Å². The quantitative estimate of drug-likeness (QED) is 0.569. The topological polar surface area (TPSA) is 85.5 Å². The van der Waals surface area contributed by atoms with Crippen molar-refractivity contribution in [3.05, 3.63) is 58.4 Å². The Balaban J connectivity index is 1.29. The number of carbonyl (C=O) groups excluding carboxylic acids is 3. The van der Waals surface area contributed by atoms with Gasteiger partial charge in [0.2, 0.25) is 11.8 Å². The Hall–Kier alpha value is -3.13. The summed E-state index contributed by atoms with van der Waals surface area (Å²) in [6, 6.07) is 10.9. The lowest BCUT2D eigenvalue weighted by Crippen LogP contribution is -2.52. The van der Waals surface area contributed by atoms with Crippen molar-refractivity contribution in [3.63, 3.8) is 0 Å². The van der Waals surface area contributed by atoms with Gasteiger partial charge in [-0.25, -0.2) is 0 Å². The molecule has 1 atom stereocenters. The van der Waals surface area contributed by atoms with E-state index in [0.717, 1.165) is 42.4 Å². The second kappa shape index (κ2) is 10.0. The maximum atomic E-state index is 13.6. The van der Waals surface area contributed by atoms with Crippen LogP contribution in [0, 0.1) is 5.92 Å². The van der Waals surface area contributed by atoms with Gasteiger partial charge in [-0.15, -0.1) is 11.3 Å². The van der Waals surface area contributed by atoms with Crippen molar-refractivity contribution >= 4 is 40.0 Å². The summed E-state index contributed by atoms with van der Waals surface area (Å²) in [5.41, 5.74) is 2.01. The maximum absolute atomic E-state index is 13.6. The van der Waals surface area contributed by atoms with Crippen LogP contribution in [0.5, 0.6) is 0 Å². The SMILES string of the molecule is O=C(NC(Cc1c[nH]c2ccccc12)C(=O)N1CCC(C(=O)N2CCCC2)CC1)c1cccs1. The molecule has 1 aromatic carbocycles. The third kappa shape index (κ3) is 4.73. The van der Waals surface area contributed by atoms with Gasteiger partial charge in [-0.05, 0) is 48.8 Å². The first-order valence-electron chi connectivity index (χ1n) is 12.1. The van der Waals surface area contributed by atoms with Crippen LogP contribution in [-0.2, 0) is 16.0 Å². The third-order valence-electron chi connectivity index (χ3n) is 7.02. The van der Waals surface area contributed by atoms with E-state index in [1.165, 1.54) is 11.3 Å². The Labute approximate surface area is 203 Å². The number of benzene rings is 1. The number of nitrogens with zero attached hydrogens (tertiary/aromatic N) is 2. The summed E-state index contributed by atoms with van der Waals surface area (Å²) in [5.74, 6) is -0.0737. The fourth-order valence-electron chi connectivity index (χ4n) is 5.12. The van der Waals surface area contributed by atoms with Gasteiger partial charge in [0.05, 0.1) is 4.88 Å². The number of hydrogen-bond acceptors (Lipinski definition) is 4. The van der Waals surface area contributed by atoms with Crippen LogP contribution >= 0.6 is 11.3 Å². The van der Waals surface area contributed by atoms with E-state index in [1.807, 2.05) is 51.7 Å². The molecule has 0 bridgehead atoms. The molecule has 34 heavy (non-hydrogen) atoms. The van der Waals surface area contributed by atoms with Gasteiger partial charge in [0.1, 0.15) is 6.04 Å². The smallest absolute Gasteiger partial charge is 0.262 e. The van der Waals surface area contributed by atoms with E-state index in [4.69, 9.17) is 0 Å². The van der Waals surface area contributed by atoms with Crippen molar-refractivity contribution in [2.45, 2.75) is 38.1 Å². The molecule has 5 rings (SSSR count). The third-order valence-corrected chi connectivity index (χ3v) is 7.89. The second-order valence-electron chi connectivity index (χ2n) is 9.20. The molecule has 0 spiro atoms. The zero-order valence-electron chi connectivity index (χ0n) is 19.2. The van der Waals surface area contributed by atoms with E-state index in [1.54, 1.807) is 6.07 Å². The summed E-state index contributed by atoms with van der Waals surface area (Å²) in [4.78, 5) is 46.9. The number of hydrogen-bond donors (Lipinski definition) is 2. The minimum atomic E-state index is -0.667.